The molecule has 1 saturated carbocycles. The fraction of sp³-hybridized carbons (Fsp3) is 1.00. The number of ether oxygens (including phenoxy) is 1. The van der Waals surface area contributed by atoms with Crippen molar-refractivity contribution in [3.05, 3.63) is 0 Å². The zero-order valence-corrected chi connectivity index (χ0v) is 13.6. The molecular formula is C17H35NO. The van der Waals surface area contributed by atoms with Crippen LogP contribution in [0.15, 0.2) is 0 Å². The summed E-state index contributed by atoms with van der Waals surface area (Å²) in [6, 6.07) is 0.575. The molecule has 3 unspecified atom stereocenters. The summed E-state index contributed by atoms with van der Waals surface area (Å²) in [6.45, 7) is 7.93. The van der Waals surface area contributed by atoms with Crippen LogP contribution in [0.3, 0.4) is 0 Å². The topological polar surface area (TPSA) is 21.3 Å². The molecule has 1 N–H and O–H groups in total. The Labute approximate surface area is 120 Å². The molecule has 1 fully saturated rings. The smallest absolute Gasteiger partial charge is 0.0730 e. The summed E-state index contributed by atoms with van der Waals surface area (Å²) < 4.78 is 6.18. The van der Waals surface area contributed by atoms with Gasteiger partial charge in [0.25, 0.3) is 0 Å². The molecule has 2 heteroatoms. The second-order valence-electron chi connectivity index (χ2n) is 6.54. The molecule has 3 atom stereocenters. The zero-order chi connectivity index (χ0) is 14.1. The zero-order valence-electron chi connectivity index (χ0n) is 13.6. The van der Waals surface area contributed by atoms with Gasteiger partial charge < -0.3 is 10.1 Å². The first-order valence-electron chi connectivity index (χ1n) is 8.47. The van der Waals surface area contributed by atoms with Crippen LogP contribution in [0.25, 0.3) is 0 Å². The van der Waals surface area contributed by atoms with Crippen molar-refractivity contribution in [2.24, 2.45) is 11.8 Å². The summed E-state index contributed by atoms with van der Waals surface area (Å²) in [6.07, 6.45) is 11.0. The summed E-state index contributed by atoms with van der Waals surface area (Å²) in [5.41, 5.74) is 0. The van der Waals surface area contributed by atoms with E-state index in [1.807, 2.05) is 0 Å². The molecule has 1 aliphatic carbocycles. The standard InChI is InChI=1S/C17H35NO/c1-5-6-7-8-9-12-19-17-13-15(14(2)3)10-11-16(17)18-4/h14-18H,5-13H2,1-4H3. The largest absolute Gasteiger partial charge is 0.377 e. The second kappa shape index (κ2) is 9.77. The summed E-state index contributed by atoms with van der Waals surface area (Å²) in [5.74, 6) is 1.66. The lowest BCUT2D eigenvalue weighted by Gasteiger charge is -2.37. The Morgan fingerprint density at radius 3 is 2.47 bits per heavy atom. The summed E-state index contributed by atoms with van der Waals surface area (Å²) in [4.78, 5) is 0. The number of hydrogen-bond donors (Lipinski definition) is 1. The first-order valence-corrected chi connectivity index (χ1v) is 8.47. The minimum atomic E-state index is 0.442. The van der Waals surface area contributed by atoms with E-state index in [4.69, 9.17) is 4.74 Å². The molecule has 0 bridgehead atoms. The molecule has 2 nitrogen and oxygen atoms in total. The SMILES string of the molecule is CCCCCCCOC1CC(C(C)C)CCC1NC. The Balaban J connectivity index is 2.23. The first-order chi connectivity index (χ1) is 9.19. The molecule has 0 aromatic carbocycles. The fourth-order valence-electron chi connectivity index (χ4n) is 3.22. The Kier molecular flexibility index (Phi) is 8.72. The predicted octanol–water partition coefficient (Wildman–Crippen LogP) is 4.39. The Hall–Kier alpha value is -0.0800. The second-order valence-corrected chi connectivity index (χ2v) is 6.54. The molecule has 0 heterocycles. The highest BCUT2D eigenvalue weighted by Gasteiger charge is 2.31. The van der Waals surface area contributed by atoms with Gasteiger partial charge in [-0.3, -0.25) is 0 Å². The fourth-order valence-corrected chi connectivity index (χ4v) is 3.22. The molecular weight excluding hydrogens is 234 g/mol. The van der Waals surface area contributed by atoms with E-state index in [1.165, 1.54) is 51.4 Å². The van der Waals surface area contributed by atoms with Gasteiger partial charge in [-0.1, -0.05) is 46.5 Å². The van der Waals surface area contributed by atoms with Crippen molar-refractivity contribution in [1.29, 1.82) is 0 Å². The monoisotopic (exact) mass is 269 g/mol. The van der Waals surface area contributed by atoms with Crippen molar-refractivity contribution in [1.82, 2.24) is 5.32 Å². The minimum absolute atomic E-state index is 0.442. The van der Waals surface area contributed by atoms with Crippen LogP contribution in [0.1, 0.15) is 72.1 Å². The minimum Gasteiger partial charge on any atom is -0.377 e. The van der Waals surface area contributed by atoms with E-state index in [2.05, 4.69) is 33.1 Å². The van der Waals surface area contributed by atoms with Crippen LogP contribution in [-0.2, 0) is 4.74 Å². The number of nitrogens with one attached hydrogen (secondary N) is 1. The molecule has 1 aliphatic rings. The van der Waals surface area contributed by atoms with Gasteiger partial charge in [-0.25, -0.2) is 0 Å². The van der Waals surface area contributed by atoms with Gasteiger partial charge in [-0.15, -0.1) is 0 Å². The van der Waals surface area contributed by atoms with Gasteiger partial charge in [0.15, 0.2) is 0 Å². The third-order valence-corrected chi connectivity index (χ3v) is 4.73. The quantitative estimate of drug-likeness (QED) is 0.627. The van der Waals surface area contributed by atoms with Gasteiger partial charge in [0, 0.05) is 12.6 Å². The Morgan fingerprint density at radius 2 is 1.84 bits per heavy atom. The average Bonchev–Trinajstić information content (AvgIpc) is 2.42. The van der Waals surface area contributed by atoms with E-state index >= 15 is 0 Å². The van der Waals surface area contributed by atoms with Gasteiger partial charge in [-0.2, -0.15) is 0 Å². The van der Waals surface area contributed by atoms with E-state index in [0.717, 1.165) is 18.4 Å². The molecule has 0 saturated heterocycles. The highest BCUT2D eigenvalue weighted by molar-refractivity contribution is 4.86. The lowest BCUT2D eigenvalue weighted by molar-refractivity contribution is -0.0162. The van der Waals surface area contributed by atoms with E-state index in [-0.39, 0.29) is 0 Å². The number of rotatable bonds is 9. The van der Waals surface area contributed by atoms with Crippen molar-refractivity contribution in [3.8, 4) is 0 Å². The lowest BCUT2D eigenvalue weighted by atomic mass is 9.78. The van der Waals surface area contributed by atoms with Gasteiger partial charge in [0.1, 0.15) is 0 Å². The van der Waals surface area contributed by atoms with Crippen LogP contribution in [0.2, 0.25) is 0 Å². The van der Waals surface area contributed by atoms with E-state index in [0.29, 0.717) is 12.1 Å². The molecule has 0 aromatic heterocycles. The van der Waals surface area contributed by atoms with Gasteiger partial charge >= 0.3 is 0 Å². The van der Waals surface area contributed by atoms with Crippen LogP contribution < -0.4 is 5.32 Å². The van der Waals surface area contributed by atoms with Crippen molar-refractivity contribution in [3.63, 3.8) is 0 Å². The highest BCUT2D eigenvalue weighted by Crippen LogP contribution is 2.31. The predicted molar refractivity (Wildman–Crippen MR) is 83.5 cm³/mol. The van der Waals surface area contributed by atoms with Gasteiger partial charge in [-0.05, 0) is 44.6 Å². The first kappa shape index (κ1) is 17.0. The van der Waals surface area contributed by atoms with Crippen LogP contribution >= 0.6 is 0 Å². The Bertz CT molecular complexity index is 217. The maximum atomic E-state index is 6.18. The molecule has 0 aliphatic heterocycles. The van der Waals surface area contributed by atoms with Crippen molar-refractivity contribution in [2.75, 3.05) is 13.7 Å². The van der Waals surface area contributed by atoms with Crippen LogP contribution in [-0.4, -0.2) is 25.8 Å². The maximum Gasteiger partial charge on any atom is 0.0730 e. The Morgan fingerprint density at radius 1 is 1.11 bits per heavy atom. The van der Waals surface area contributed by atoms with E-state index in [9.17, 15) is 0 Å². The highest BCUT2D eigenvalue weighted by atomic mass is 16.5. The lowest BCUT2D eigenvalue weighted by Crippen LogP contribution is -2.45. The van der Waals surface area contributed by atoms with Crippen LogP contribution in [0.5, 0.6) is 0 Å². The van der Waals surface area contributed by atoms with Crippen molar-refractivity contribution in [2.45, 2.75) is 84.3 Å². The van der Waals surface area contributed by atoms with Crippen molar-refractivity contribution < 1.29 is 4.74 Å². The van der Waals surface area contributed by atoms with E-state index < -0.39 is 0 Å². The molecule has 114 valence electrons. The molecule has 1 rings (SSSR count). The maximum absolute atomic E-state index is 6.18. The van der Waals surface area contributed by atoms with Crippen LogP contribution in [0, 0.1) is 11.8 Å². The van der Waals surface area contributed by atoms with Gasteiger partial charge in [0.05, 0.1) is 6.10 Å². The number of hydrogen-bond acceptors (Lipinski definition) is 2. The summed E-state index contributed by atoms with van der Waals surface area (Å²) in [7, 11) is 2.08. The molecule has 0 radical (unpaired) electrons. The molecule has 0 aromatic rings. The summed E-state index contributed by atoms with van der Waals surface area (Å²) >= 11 is 0. The number of unbranched alkanes of at least 4 members (excludes halogenated alkanes) is 4. The number of likely N-dealkylation sites (N-methyl/N-ethyl adjacent to an activating group) is 1. The van der Waals surface area contributed by atoms with E-state index in [1.54, 1.807) is 0 Å². The third kappa shape index (κ3) is 6.27. The third-order valence-electron chi connectivity index (χ3n) is 4.73. The summed E-state index contributed by atoms with van der Waals surface area (Å²) in [5, 5.41) is 3.45. The average molecular weight is 269 g/mol. The van der Waals surface area contributed by atoms with Crippen LogP contribution in [0.4, 0.5) is 0 Å². The molecule has 0 spiro atoms. The van der Waals surface area contributed by atoms with Gasteiger partial charge in [0.2, 0.25) is 0 Å². The molecule has 0 amide bonds. The van der Waals surface area contributed by atoms with Crippen molar-refractivity contribution >= 4 is 0 Å². The molecule has 19 heavy (non-hydrogen) atoms. The normalized spacial score (nSPS) is 27.9.